The van der Waals surface area contributed by atoms with E-state index >= 15 is 0 Å². The van der Waals surface area contributed by atoms with Gasteiger partial charge in [0.15, 0.2) is 12.5 Å². The molecule has 4 heterocycles. The molecular weight excluding hydrogens is 520 g/mol. The molecule has 3 aromatic carbocycles. The van der Waals surface area contributed by atoms with Crippen molar-refractivity contribution < 1.29 is 9.47 Å². The van der Waals surface area contributed by atoms with Gasteiger partial charge in [-0.25, -0.2) is 0 Å². The molecule has 0 saturated carbocycles. The molecular formula is C36H42N4O2. The summed E-state index contributed by atoms with van der Waals surface area (Å²) < 4.78 is 12.8. The smallest absolute Gasteiger partial charge is 0.194 e. The molecule has 4 aliphatic heterocycles. The third-order valence-electron chi connectivity index (χ3n) is 9.37. The average Bonchev–Trinajstić information content (AvgIpc) is 3.72. The van der Waals surface area contributed by atoms with Gasteiger partial charge in [0.2, 0.25) is 0 Å². The highest BCUT2D eigenvalue weighted by atomic mass is 16.5. The Morgan fingerprint density at radius 2 is 1.40 bits per heavy atom. The van der Waals surface area contributed by atoms with Gasteiger partial charge in [0.05, 0.1) is 12.1 Å². The van der Waals surface area contributed by atoms with Crippen LogP contribution in [0.15, 0.2) is 91.5 Å². The Kier molecular flexibility index (Phi) is 6.23. The molecule has 4 unspecified atom stereocenters. The fourth-order valence-electron chi connectivity index (χ4n) is 7.54. The Hall–Kier alpha value is -4.06. The van der Waals surface area contributed by atoms with E-state index in [4.69, 9.17) is 9.47 Å². The van der Waals surface area contributed by atoms with Crippen LogP contribution in [0.4, 0.5) is 11.4 Å². The van der Waals surface area contributed by atoms with Crippen LogP contribution in [0.2, 0.25) is 0 Å². The van der Waals surface area contributed by atoms with Gasteiger partial charge in [-0.2, -0.15) is 0 Å². The van der Waals surface area contributed by atoms with Crippen LogP contribution in [-0.2, 0) is 9.47 Å². The van der Waals surface area contributed by atoms with Crippen LogP contribution in [0.25, 0.3) is 5.76 Å². The summed E-state index contributed by atoms with van der Waals surface area (Å²) in [6.07, 6.45) is 6.37. The molecule has 42 heavy (non-hydrogen) atoms. The number of rotatable bonds is 4. The quantitative estimate of drug-likeness (QED) is 0.326. The van der Waals surface area contributed by atoms with E-state index in [1.165, 1.54) is 28.1 Å². The number of anilines is 2. The number of ether oxygens (including phenoxy) is 2. The van der Waals surface area contributed by atoms with Crippen molar-refractivity contribution >= 4 is 17.1 Å². The molecule has 6 heteroatoms. The summed E-state index contributed by atoms with van der Waals surface area (Å²) >= 11 is 0. The first-order chi connectivity index (χ1) is 20.1. The highest BCUT2D eigenvalue weighted by Gasteiger charge is 2.53. The van der Waals surface area contributed by atoms with Crippen molar-refractivity contribution in [1.82, 2.24) is 9.80 Å². The Morgan fingerprint density at radius 1 is 0.714 bits per heavy atom. The van der Waals surface area contributed by atoms with Gasteiger partial charge < -0.3 is 29.1 Å². The average molecular weight is 563 g/mol. The standard InChI is InChI=1S/C36H42N4O2/c1-23-13-11-12-16-29(23)40-26(4)34-38(35(40)36(5,6)7)22-31(42-34)28-17-18-30(24(2)21-28)39-25(3)33-37(19-20-41-33)32(39)27-14-9-8-10-15-27/h8-22,25-26,32-35H,1-7H3/t25-,26-,32?,33?,34?,35?/m0/s1. The second-order valence-electron chi connectivity index (χ2n) is 13.3. The maximum absolute atomic E-state index is 6.79. The maximum atomic E-state index is 6.79. The molecule has 2 fully saturated rings. The summed E-state index contributed by atoms with van der Waals surface area (Å²) in [6.45, 7) is 15.9. The summed E-state index contributed by atoms with van der Waals surface area (Å²) in [5.74, 6) is 0.946. The monoisotopic (exact) mass is 562 g/mol. The molecule has 0 aliphatic carbocycles. The fourth-order valence-corrected chi connectivity index (χ4v) is 7.54. The van der Waals surface area contributed by atoms with Gasteiger partial charge in [0, 0.05) is 34.8 Å². The summed E-state index contributed by atoms with van der Waals surface area (Å²) in [7, 11) is 0. The summed E-state index contributed by atoms with van der Waals surface area (Å²) in [5, 5.41) is 0. The second kappa shape index (κ2) is 9.75. The van der Waals surface area contributed by atoms with Crippen molar-refractivity contribution in [3.63, 3.8) is 0 Å². The van der Waals surface area contributed by atoms with Crippen LogP contribution < -0.4 is 9.80 Å². The Balaban J connectivity index is 1.22. The predicted molar refractivity (Wildman–Crippen MR) is 169 cm³/mol. The molecule has 6 nitrogen and oxygen atoms in total. The molecule has 4 aliphatic rings. The van der Waals surface area contributed by atoms with Crippen molar-refractivity contribution in [1.29, 1.82) is 0 Å². The lowest BCUT2D eigenvalue weighted by molar-refractivity contribution is 0.0529. The Morgan fingerprint density at radius 3 is 2.12 bits per heavy atom. The number of aryl methyl sites for hydroxylation is 2. The van der Waals surface area contributed by atoms with Gasteiger partial charge in [-0.3, -0.25) is 0 Å². The number of benzene rings is 3. The van der Waals surface area contributed by atoms with E-state index in [0.29, 0.717) is 0 Å². The van der Waals surface area contributed by atoms with E-state index in [0.717, 1.165) is 11.3 Å². The molecule has 0 bridgehead atoms. The summed E-state index contributed by atoms with van der Waals surface area (Å²) in [6, 6.07) is 26.6. The zero-order valence-electron chi connectivity index (χ0n) is 25.7. The number of nitrogens with zero attached hydrogens (tertiary/aromatic N) is 4. The first kappa shape index (κ1) is 26.8. The SMILES string of the molecule is Cc1cc(C2=CN3C(O2)[C@H](C)N(c2ccccc2C)C3C(C)(C)C)ccc1N1C(c2ccccc2)N2C=COC2[C@@H]1C. The van der Waals surface area contributed by atoms with Gasteiger partial charge in [-0.1, -0.05) is 69.3 Å². The summed E-state index contributed by atoms with van der Waals surface area (Å²) in [5.41, 5.74) is 7.41. The molecule has 2 saturated heterocycles. The molecule has 0 spiro atoms. The molecule has 0 amide bonds. The summed E-state index contributed by atoms with van der Waals surface area (Å²) in [4.78, 5) is 9.84. The van der Waals surface area contributed by atoms with Crippen LogP contribution >= 0.6 is 0 Å². The van der Waals surface area contributed by atoms with Crippen molar-refractivity contribution in [3.8, 4) is 0 Å². The Bertz CT molecular complexity index is 1540. The van der Waals surface area contributed by atoms with Gasteiger partial charge in [0.1, 0.15) is 24.4 Å². The minimum Gasteiger partial charge on any atom is -0.474 e. The minimum absolute atomic E-state index is 0.00523. The van der Waals surface area contributed by atoms with E-state index < -0.39 is 0 Å². The van der Waals surface area contributed by atoms with E-state index in [9.17, 15) is 0 Å². The van der Waals surface area contributed by atoms with Gasteiger partial charge in [-0.15, -0.1) is 0 Å². The first-order valence-electron chi connectivity index (χ1n) is 15.2. The van der Waals surface area contributed by atoms with E-state index in [-0.39, 0.29) is 42.3 Å². The highest BCUT2D eigenvalue weighted by Crippen LogP contribution is 2.48. The van der Waals surface area contributed by atoms with Crippen molar-refractivity contribution in [3.05, 3.63) is 114 Å². The third-order valence-corrected chi connectivity index (χ3v) is 9.37. The van der Waals surface area contributed by atoms with Crippen LogP contribution in [0.1, 0.15) is 63.0 Å². The lowest BCUT2D eigenvalue weighted by atomic mass is 9.90. The molecule has 7 rings (SSSR count). The zero-order valence-corrected chi connectivity index (χ0v) is 25.7. The van der Waals surface area contributed by atoms with E-state index in [1.807, 2.05) is 6.26 Å². The van der Waals surface area contributed by atoms with E-state index in [1.54, 1.807) is 0 Å². The number of para-hydroxylation sites is 1. The molecule has 0 radical (unpaired) electrons. The van der Waals surface area contributed by atoms with Crippen molar-refractivity contribution in [2.45, 2.75) is 85.3 Å². The normalized spacial score (nSPS) is 28.1. The molecule has 6 atom stereocenters. The third kappa shape index (κ3) is 4.06. The second-order valence-corrected chi connectivity index (χ2v) is 13.3. The molecule has 3 aromatic rings. The van der Waals surface area contributed by atoms with Crippen molar-refractivity contribution in [2.24, 2.45) is 5.41 Å². The van der Waals surface area contributed by atoms with Crippen LogP contribution in [-0.4, -0.2) is 40.5 Å². The highest BCUT2D eigenvalue weighted by molar-refractivity contribution is 5.68. The predicted octanol–water partition coefficient (Wildman–Crippen LogP) is 7.58. The Labute approximate surface area is 250 Å². The van der Waals surface area contributed by atoms with Gasteiger partial charge in [0.25, 0.3) is 0 Å². The minimum atomic E-state index is -0.0408. The maximum Gasteiger partial charge on any atom is 0.194 e. The van der Waals surface area contributed by atoms with Crippen LogP contribution in [0.3, 0.4) is 0 Å². The largest absolute Gasteiger partial charge is 0.474 e. The van der Waals surface area contributed by atoms with Crippen molar-refractivity contribution in [2.75, 3.05) is 9.80 Å². The molecule has 0 N–H and O–H groups in total. The lowest BCUT2D eigenvalue weighted by Crippen LogP contribution is -2.47. The van der Waals surface area contributed by atoms with E-state index in [2.05, 4.69) is 153 Å². The number of hydrogen-bond donors (Lipinski definition) is 0. The number of fused-ring (bicyclic) bond motifs is 2. The van der Waals surface area contributed by atoms with Gasteiger partial charge >= 0.3 is 0 Å². The number of hydrogen-bond acceptors (Lipinski definition) is 6. The zero-order chi connectivity index (χ0) is 29.3. The topological polar surface area (TPSA) is 31.4 Å². The van der Waals surface area contributed by atoms with Crippen LogP contribution in [0, 0.1) is 19.3 Å². The molecule has 218 valence electrons. The molecule has 0 aromatic heterocycles. The first-order valence-corrected chi connectivity index (χ1v) is 15.2. The fraction of sp³-hybridized carbons (Fsp3) is 0.389. The van der Waals surface area contributed by atoms with Crippen LogP contribution in [0.5, 0.6) is 0 Å². The lowest BCUT2D eigenvalue weighted by Gasteiger charge is -2.41. The van der Waals surface area contributed by atoms with Gasteiger partial charge in [-0.05, 0) is 68.7 Å².